The van der Waals surface area contributed by atoms with E-state index in [4.69, 9.17) is 4.74 Å². The number of rotatable bonds is 3. The summed E-state index contributed by atoms with van der Waals surface area (Å²) in [4.78, 5) is 16.0. The lowest BCUT2D eigenvalue weighted by atomic mass is 10.1. The van der Waals surface area contributed by atoms with Crippen LogP contribution in [-0.4, -0.2) is 54.7 Å². The summed E-state index contributed by atoms with van der Waals surface area (Å²) in [7, 11) is 0. The molecule has 17 heavy (non-hydrogen) atoms. The minimum atomic E-state index is -0.119. The van der Waals surface area contributed by atoms with E-state index in [9.17, 15) is 4.79 Å². The van der Waals surface area contributed by atoms with E-state index < -0.39 is 0 Å². The molecule has 2 saturated heterocycles. The van der Waals surface area contributed by atoms with Crippen LogP contribution in [-0.2, 0) is 4.74 Å². The summed E-state index contributed by atoms with van der Waals surface area (Å²) in [5.74, 6) is 0. The van der Waals surface area contributed by atoms with Gasteiger partial charge in [-0.05, 0) is 45.7 Å². The molecule has 98 valence electrons. The van der Waals surface area contributed by atoms with Gasteiger partial charge in [-0.15, -0.1) is 0 Å². The highest BCUT2D eigenvalue weighted by atomic mass is 16.6. The Bertz CT molecular complexity index is 246. The quantitative estimate of drug-likeness (QED) is 0.757. The molecular formula is C13H24N2O2. The summed E-state index contributed by atoms with van der Waals surface area (Å²) in [5, 5.41) is 0. The van der Waals surface area contributed by atoms with Crippen LogP contribution in [0, 0.1) is 0 Å². The molecule has 4 heteroatoms. The van der Waals surface area contributed by atoms with Crippen LogP contribution in [0.4, 0.5) is 4.79 Å². The van der Waals surface area contributed by atoms with Crippen LogP contribution in [0.15, 0.2) is 0 Å². The molecule has 0 N–H and O–H groups in total. The first kappa shape index (κ1) is 12.7. The lowest BCUT2D eigenvalue weighted by Gasteiger charge is -2.29. The van der Waals surface area contributed by atoms with Gasteiger partial charge >= 0.3 is 6.09 Å². The van der Waals surface area contributed by atoms with Crippen LogP contribution in [0.5, 0.6) is 0 Å². The molecule has 0 radical (unpaired) electrons. The number of piperidine rings is 1. The Morgan fingerprint density at radius 2 is 1.65 bits per heavy atom. The third-order valence-electron chi connectivity index (χ3n) is 3.63. The Kier molecular flexibility index (Phi) is 4.66. The lowest BCUT2D eigenvalue weighted by Crippen LogP contribution is -2.39. The summed E-state index contributed by atoms with van der Waals surface area (Å²) in [6, 6.07) is 0. The number of nitrogens with zero attached hydrogens (tertiary/aromatic N) is 2. The zero-order chi connectivity index (χ0) is 12.1. The van der Waals surface area contributed by atoms with Gasteiger partial charge in [0.15, 0.2) is 0 Å². The maximum absolute atomic E-state index is 11.8. The molecule has 2 aliphatic heterocycles. The Balaban J connectivity index is 1.68. The van der Waals surface area contributed by atoms with Gasteiger partial charge in [0.05, 0.1) is 0 Å². The molecule has 2 aliphatic rings. The van der Waals surface area contributed by atoms with Crippen molar-refractivity contribution in [3.8, 4) is 0 Å². The molecule has 0 spiro atoms. The molecule has 4 nitrogen and oxygen atoms in total. The van der Waals surface area contributed by atoms with Crippen molar-refractivity contribution in [2.24, 2.45) is 0 Å². The van der Waals surface area contributed by atoms with Gasteiger partial charge in [-0.25, -0.2) is 4.79 Å². The Morgan fingerprint density at radius 1 is 1.06 bits per heavy atom. The van der Waals surface area contributed by atoms with Crippen molar-refractivity contribution in [2.75, 3.05) is 32.7 Å². The number of hydrogen-bond donors (Lipinski definition) is 0. The highest BCUT2D eigenvalue weighted by Gasteiger charge is 2.22. The summed E-state index contributed by atoms with van der Waals surface area (Å²) >= 11 is 0. The van der Waals surface area contributed by atoms with Gasteiger partial charge < -0.3 is 9.64 Å². The van der Waals surface area contributed by atoms with Crippen molar-refractivity contribution >= 4 is 6.09 Å². The van der Waals surface area contributed by atoms with Crippen LogP contribution < -0.4 is 0 Å². The van der Waals surface area contributed by atoms with Crippen molar-refractivity contribution in [2.45, 2.75) is 45.1 Å². The minimum absolute atomic E-state index is 0.0150. The van der Waals surface area contributed by atoms with Gasteiger partial charge in [0.25, 0.3) is 0 Å². The zero-order valence-corrected chi connectivity index (χ0v) is 10.9. The van der Waals surface area contributed by atoms with Crippen LogP contribution in [0.2, 0.25) is 0 Å². The van der Waals surface area contributed by atoms with Crippen molar-refractivity contribution in [1.29, 1.82) is 0 Å². The third-order valence-corrected chi connectivity index (χ3v) is 3.63. The second-order valence-corrected chi connectivity index (χ2v) is 5.25. The fraction of sp³-hybridized carbons (Fsp3) is 0.923. The topological polar surface area (TPSA) is 32.8 Å². The molecule has 1 unspecified atom stereocenters. The van der Waals surface area contributed by atoms with Gasteiger partial charge in [0.2, 0.25) is 0 Å². The average Bonchev–Trinajstić information content (AvgIpc) is 2.83. The standard InChI is InChI=1S/C13H24N2O2/c1-12(11-14-7-3-2-4-8-14)17-13(16)15-9-5-6-10-15/h12H,2-11H2,1H3. The lowest BCUT2D eigenvalue weighted by molar-refractivity contribution is 0.0524. The van der Waals surface area contributed by atoms with Gasteiger partial charge in [0, 0.05) is 19.6 Å². The smallest absolute Gasteiger partial charge is 0.410 e. The molecule has 2 heterocycles. The second-order valence-electron chi connectivity index (χ2n) is 5.25. The van der Waals surface area contributed by atoms with Crippen molar-refractivity contribution in [3.05, 3.63) is 0 Å². The van der Waals surface area contributed by atoms with Crippen molar-refractivity contribution < 1.29 is 9.53 Å². The predicted octanol–water partition coefficient (Wildman–Crippen LogP) is 2.09. The molecule has 0 saturated carbocycles. The largest absolute Gasteiger partial charge is 0.445 e. The van der Waals surface area contributed by atoms with Crippen molar-refractivity contribution in [3.63, 3.8) is 0 Å². The fourth-order valence-corrected chi connectivity index (χ4v) is 2.69. The van der Waals surface area contributed by atoms with E-state index in [1.54, 1.807) is 0 Å². The monoisotopic (exact) mass is 240 g/mol. The number of ether oxygens (including phenoxy) is 1. The van der Waals surface area contributed by atoms with E-state index in [2.05, 4.69) is 4.90 Å². The van der Waals surface area contributed by atoms with E-state index >= 15 is 0 Å². The first-order valence-electron chi connectivity index (χ1n) is 6.93. The average molecular weight is 240 g/mol. The normalized spacial score (nSPS) is 23.7. The van der Waals surface area contributed by atoms with Crippen LogP contribution in [0.25, 0.3) is 0 Å². The van der Waals surface area contributed by atoms with Crippen LogP contribution >= 0.6 is 0 Å². The predicted molar refractivity (Wildman–Crippen MR) is 67.0 cm³/mol. The van der Waals surface area contributed by atoms with Crippen molar-refractivity contribution in [1.82, 2.24) is 9.80 Å². The second kappa shape index (κ2) is 6.24. The Labute approximate surface area is 104 Å². The molecule has 0 aliphatic carbocycles. The van der Waals surface area contributed by atoms with Gasteiger partial charge in [-0.2, -0.15) is 0 Å². The first-order valence-corrected chi connectivity index (χ1v) is 6.93. The van der Waals surface area contributed by atoms with E-state index in [1.807, 2.05) is 11.8 Å². The number of carbonyl (C=O) groups excluding carboxylic acids is 1. The van der Waals surface area contributed by atoms with Gasteiger partial charge in [-0.3, -0.25) is 4.90 Å². The maximum atomic E-state index is 11.8. The summed E-state index contributed by atoms with van der Waals surface area (Å²) < 4.78 is 5.48. The number of likely N-dealkylation sites (tertiary alicyclic amines) is 2. The summed E-state index contributed by atoms with van der Waals surface area (Å²) in [6.45, 7) is 6.95. The van der Waals surface area contributed by atoms with E-state index in [0.29, 0.717) is 0 Å². The van der Waals surface area contributed by atoms with E-state index in [1.165, 1.54) is 19.3 Å². The molecule has 0 aromatic rings. The molecule has 0 aromatic carbocycles. The molecule has 2 rings (SSSR count). The maximum Gasteiger partial charge on any atom is 0.410 e. The third kappa shape index (κ3) is 3.87. The molecule has 0 bridgehead atoms. The zero-order valence-electron chi connectivity index (χ0n) is 10.9. The Hall–Kier alpha value is -0.770. The highest BCUT2D eigenvalue weighted by Crippen LogP contribution is 2.12. The first-order chi connectivity index (χ1) is 8.25. The molecule has 0 aromatic heterocycles. The molecular weight excluding hydrogens is 216 g/mol. The van der Waals surface area contributed by atoms with E-state index in [-0.39, 0.29) is 12.2 Å². The van der Waals surface area contributed by atoms with Gasteiger partial charge in [0.1, 0.15) is 6.10 Å². The van der Waals surface area contributed by atoms with Crippen LogP contribution in [0.1, 0.15) is 39.0 Å². The molecule has 2 fully saturated rings. The summed E-state index contributed by atoms with van der Waals surface area (Å²) in [6.07, 6.45) is 6.05. The number of hydrogen-bond acceptors (Lipinski definition) is 3. The van der Waals surface area contributed by atoms with Gasteiger partial charge in [-0.1, -0.05) is 6.42 Å². The van der Waals surface area contributed by atoms with Crippen LogP contribution in [0.3, 0.4) is 0 Å². The minimum Gasteiger partial charge on any atom is -0.445 e. The number of carbonyl (C=O) groups is 1. The summed E-state index contributed by atoms with van der Waals surface area (Å²) in [5.41, 5.74) is 0. The Morgan fingerprint density at radius 3 is 2.29 bits per heavy atom. The highest BCUT2D eigenvalue weighted by molar-refractivity contribution is 5.68. The number of amides is 1. The SMILES string of the molecule is CC(CN1CCCCC1)OC(=O)N1CCCC1. The van der Waals surface area contributed by atoms with E-state index in [0.717, 1.165) is 45.6 Å². The fourth-order valence-electron chi connectivity index (χ4n) is 2.69. The molecule has 1 amide bonds. The molecule has 1 atom stereocenters.